The third-order valence-corrected chi connectivity index (χ3v) is 3.06. The fourth-order valence-corrected chi connectivity index (χ4v) is 2.16. The summed E-state index contributed by atoms with van der Waals surface area (Å²) < 4.78 is 5.18. The Bertz CT molecular complexity index is 463. The van der Waals surface area contributed by atoms with Crippen LogP contribution in [0.25, 0.3) is 0 Å². The Balaban J connectivity index is 2.43. The average Bonchev–Trinajstić information content (AvgIpc) is 2.27. The maximum atomic E-state index is 11.5. The second-order valence-corrected chi connectivity index (χ2v) is 6.07. The number of rotatable bonds is 5. The molecule has 0 aliphatic heterocycles. The van der Waals surface area contributed by atoms with Crippen LogP contribution < -0.4 is 0 Å². The highest BCUT2D eigenvalue weighted by Gasteiger charge is 2.15. The van der Waals surface area contributed by atoms with Crippen molar-refractivity contribution in [1.82, 2.24) is 0 Å². The predicted octanol–water partition coefficient (Wildman–Crippen LogP) is 2.96. The van der Waals surface area contributed by atoms with Crippen LogP contribution in [0.15, 0.2) is 24.3 Å². The van der Waals surface area contributed by atoms with Crippen LogP contribution in [0.1, 0.15) is 36.7 Å². The van der Waals surface area contributed by atoms with Gasteiger partial charge in [-0.15, -0.1) is 11.8 Å². The van der Waals surface area contributed by atoms with E-state index in [4.69, 9.17) is 9.84 Å². The summed E-state index contributed by atoms with van der Waals surface area (Å²) in [6.45, 7) is 5.48. The predicted molar refractivity (Wildman–Crippen MR) is 75.4 cm³/mol. The summed E-state index contributed by atoms with van der Waals surface area (Å²) in [5, 5.41) is 8.87. The van der Waals surface area contributed by atoms with Crippen molar-refractivity contribution >= 4 is 23.7 Å². The molecular formula is C14H18O4S. The molecule has 0 aliphatic rings. The van der Waals surface area contributed by atoms with Gasteiger partial charge >= 0.3 is 11.9 Å². The maximum absolute atomic E-state index is 11.5. The minimum Gasteiger partial charge on any atom is -0.478 e. The Morgan fingerprint density at radius 3 is 2.58 bits per heavy atom. The number of carbonyl (C=O) groups is 2. The smallest absolute Gasteiger partial charge is 0.335 e. The first kappa shape index (κ1) is 15.6. The summed E-state index contributed by atoms with van der Waals surface area (Å²) in [6.07, 6.45) is 0. The Hall–Kier alpha value is -1.49. The highest BCUT2D eigenvalue weighted by atomic mass is 32.2. The monoisotopic (exact) mass is 282 g/mol. The molecule has 0 aliphatic carbocycles. The van der Waals surface area contributed by atoms with E-state index in [2.05, 4.69) is 0 Å². The number of hydrogen-bond donors (Lipinski definition) is 1. The van der Waals surface area contributed by atoms with Crippen molar-refractivity contribution < 1.29 is 19.4 Å². The number of benzene rings is 1. The van der Waals surface area contributed by atoms with Crippen LogP contribution >= 0.6 is 11.8 Å². The zero-order valence-corrected chi connectivity index (χ0v) is 12.1. The molecule has 0 fully saturated rings. The number of ether oxygens (including phenoxy) is 1. The van der Waals surface area contributed by atoms with Gasteiger partial charge in [-0.2, -0.15) is 0 Å². The molecule has 0 unspecified atom stereocenters. The van der Waals surface area contributed by atoms with Crippen molar-refractivity contribution in [3.05, 3.63) is 35.4 Å². The van der Waals surface area contributed by atoms with Crippen LogP contribution in [-0.4, -0.2) is 28.4 Å². The normalized spacial score (nSPS) is 11.1. The maximum Gasteiger partial charge on any atom is 0.335 e. The van der Waals surface area contributed by atoms with Crippen molar-refractivity contribution in [3.8, 4) is 0 Å². The van der Waals surface area contributed by atoms with Crippen molar-refractivity contribution in [1.29, 1.82) is 0 Å². The van der Waals surface area contributed by atoms with Crippen LogP contribution in [0, 0.1) is 0 Å². The quantitative estimate of drug-likeness (QED) is 0.841. The Morgan fingerprint density at radius 2 is 2.00 bits per heavy atom. The van der Waals surface area contributed by atoms with Crippen LogP contribution in [0.2, 0.25) is 0 Å². The minimum absolute atomic E-state index is 0.258. The molecule has 1 aromatic carbocycles. The topological polar surface area (TPSA) is 63.6 Å². The lowest BCUT2D eigenvalue weighted by molar-refractivity contribution is -0.151. The fourth-order valence-electron chi connectivity index (χ4n) is 1.42. The molecule has 4 nitrogen and oxygen atoms in total. The molecule has 0 saturated heterocycles. The van der Waals surface area contributed by atoms with Gasteiger partial charge in [-0.25, -0.2) is 4.79 Å². The second kappa shape index (κ2) is 6.61. The van der Waals surface area contributed by atoms with Crippen LogP contribution in [0.3, 0.4) is 0 Å². The van der Waals surface area contributed by atoms with Gasteiger partial charge in [-0.05, 0) is 38.5 Å². The van der Waals surface area contributed by atoms with E-state index in [0.29, 0.717) is 5.75 Å². The largest absolute Gasteiger partial charge is 0.478 e. The number of hydrogen-bond acceptors (Lipinski definition) is 4. The lowest BCUT2D eigenvalue weighted by Gasteiger charge is -2.19. The number of aromatic carboxylic acids is 1. The van der Waals surface area contributed by atoms with Crippen LogP contribution in [0.4, 0.5) is 0 Å². The third-order valence-electron chi connectivity index (χ3n) is 2.08. The number of carboxylic acid groups (broad SMARTS) is 1. The Kier molecular flexibility index (Phi) is 5.42. The van der Waals surface area contributed by atoms with Gasteiger partial charge in [0.25, 0.3) is 0 Å². The molecule has 0 atom stereocenters. The van der Waals surface area contributed by atoms with E-state index >= 15 is 0 Å². The van der Waals surface area contributed by atoms with E-state index in [-0.39, 0.29) is 17.3 Å². The second-order valence-electron chi connectivity index (χ2n) is 5.08. The number of carbonyl (C=O) groups excluding carboxylic acids is 1. The van der Waals surface area contributed by atoms with Gasteiger partial charge in [0.15, 0.2) is 0 Å². The molecule has 0 saturated carbocycles. The molecule has 0 amide bonds. The summed E-state index contributed by atoms with van der Waals surface area (Å²) in [7, 11) is 0. The Labute approximate surface area is 117 Å². The molecule has 0 heterocycles. The number of carboxylic acids is 1. The molecule has 0 radical (unpaired) electrons. The summed E-state index contributed by atoms with van der Waals surface area (Å²) >= 11 is 1.41. The van der Waals surface area contributed by atoms with Gasteiger partial charge < -0.3 is 9.84 Å². The SMILES string of the molecule is CC(C)(C)OC(=O)CSCc1cccc(C(=O)O)c1. The van der Waals surface area contributed by atoms with E-state index < -0.39 is 11.6 Å². The van der Waals surface area contributed by atoms with Gasteiger partial charge in [0.2, 0.25) is 0 Å². The lowest BCUT2D eigenvalue weighted by atomic mass is 10.1. The molecule has 0 bridgehead atoms. The summed E-state index contributed by atoms with van der Waals surface area (Å²) in [4.78, 5) is 22.3. The lowest BCUT2D eigenvalue weighted by Crippen LogP contribution is -2.24. The van der Waals surface area contributed by atoms with Crippen LogP contribution in [0.5, 0.6) is 0 Å². The summed E-state index contributed by atoms with van der Waals surface area (Å²) in [5.41, 5.74) is 0.671. The van der Waals surface area contributed by atoms with Gasteiger partial charge in [-0.1, -0.05) is 12.1 Å². The van der Waals surface area contributed by atoms with Crippen molar-refractivity contribution in [3.63, 3.8) is 0 Å². The van der Waals surface area contributed by atoms with E-state index in [0.717, 1.165) is 5.56 Å². The fraction of sp³-hybridized carbons (Fsp3) is 0.429. The first-order chi connectivity index (χ1) is 8.78. The zero-order valence-electron chi connectivity index (χ0n) is 11.3. The average molecular weight is 282 g/mol. The van der Waals surface area contributed by atoms with Crippen molar-refractivity contribution in [2.45, 2.75) is 32.1 Å². The molecule has 1 rings (SSSR count). The molecule has 104 valence electrons. The van der Waals surface area contributed by atoms with E-state index in [9.17, 15) is 9.59 Å². The highest BCUT2D eigenvalue weighted by molar-refractivity contribution is 7.99. The third kappa shape index (κ3) is 6.29. The van der Waals surface area contributed by atoms with Crippen molar-refractivity contribution in [2.24, 2.45) is 0 Å². The standard InChI is InChI=1S/C14H18O4S/c1-14(2,3)18-12(15)9-19-8-10-5-4-6-11(7-10)13(16)17/h4-7H,8-9H2,1-3H3,(H,16,17). The zero-order chi connectivity index (χ0) is 14.5. The van der Waals surface area contributed by atoms with Crippen LogP contribution in [-0.2, 0) is 15.3 Å². The molecule has 1 aromatic rings. The van der Waals surface area contributed by atoms with Gasteiger partial charge in [0, 0.05) is 5.75 Å². The van der Waals surface area contributed by atoms with E-state index in [1.165, 1.54) is 11.8 Å². The van der Waals surface area contributed by atoms with E-state index in [1.807, 2.05) is 26.8 Å². The molecule has 5 heteroatoms. The Morgan fingerprint density at radius 1 is 1.32 bits per heavy atom. The first-order valence-electron chi connectivity index (χ1n) is 5.90. The van der Waals surface area contributed by atoms with Gasteiger partial charge in [0.05, 0.1) is 11.3 Å². The highest BCUT2D eigenvalue weighted by Crippen LogP contribution is 2.16. The van der Waals surface area contributed by atoms with Gasteiger partial charge in [0.1, 0.15) is 5.60 Å². The molecule has 0 aromatic heterocycles. The molecule has 19 heavy (non-hydrogen) atoms. The first-order valence-corrected chi connectivity index (χ1v) is 7.05. The molecular weight excluding hydrogens is 264 g/mol. The number of thioether (sulfide) groups is 1. The molecule has 1 N–H and O–H groups in total. The van der Waals surface area contributed by atoms with E-state index in [1.54, 1.807) is 18.2 Å². The number of esters is 1. The molecule has 0 spiro atoms. The minimum atomic E-state index is -0.945. The summed E-state index contributed by atoms with van der Waals surface area (Å²) in [6, 6.07) is 6.70. The van der Waals surface area contributed by atoms with Gasteiger partial charge in [-0.3, -0.25) is 4.79 Å². The van der Waals surface area contributed by atoms with Crippen molar-refractivity contribution in [2.75, 3.05) is 5.75 Å². The summed E-state index contributed by atoms with van der Waals surface area (Å²) in [5.74, 6) is -0.361.